The number of thiol groups is 1. The summed E-state index contributed by atoms with van der Waals surface area (Å²) in [5.74, 6) is -3.90. The minimum atomic E-state index is -1.37. The van der Waals surface area contributed by atoms with E-state index in [1.807, 2.05) is 6.92 Å². The second-order valence-electron chi connectivity index (χ2n) is 7.67. The van der Waals surface area contributed by atoms with Gasteiger partial charge in [0.05, 0.1) is 12.6 Å². The molecule has 1 aromatic rings. The number of nitrogens with one attached hydrogen (secondary N) is 3. The van der Waals surface area contributed by atoms with Crippen molar-refractivity contribution >= 4 is 36.3 Å². The van der Waals surface area contributed by atoms with Crippen LogP contribution in [0, 0.1) is 5.92 Å². The lowest BCUT2D eigenvalue weighted by Crippen LogP contribution is -2.59. The average Bonchev–Trinajstić information content (AvgIpc) is 2.79. The topological polar surface area (TPSA) is 191 Å². The zero-order chi connectivity index (χ0) is 25.1. The highest BCUT2D eigenvalue weighted by Gasteiger charge is 2.30. The van der Waals surface area contributed by atoms with Gasteiger partial charge in [0.25, 0.3) is 0 Å². The first-order valence-corrected chi connectivity index (χ1v) is 11.1. The molecule has 0 heterocycles. The molecule has 33 heavy (non-hydrogen) atoms. The molecular formula is C21H32N4O7S. The van der Waals surface area contributed by atoms with Crippen molar-refractivity contribution in [3.05, 3.63) is 29.8 Å². The number of carboxylic acids is 1. The van der Waals surface area contributed by atoms with Crippen LogP contribution >= 0.6 is 12.6 Å². The predicted molar refractivity (Wildman–Crippen MR) is 124 cm³/mol. The summed E-state index contributed by atoms with van der Waals surface area (Å²) in [6.45, 7) is 2.89. The number of aliphatic hydroxyl groups excluding tert-OH is 1. The van der Waals surface area contributed by atoms with Crippen molar-refractivity contribution in [1.29, 1.82) is 0 Å². The third kappa shape index (κ3) is 8.91. The second-order valence-corrected chi connectivity index (χ2v) is 8.03. The van der Waals surface area contributed by atoms with Gasteiger partial charge in [0, 0.05) is 12.2 Å². The smallest absolute Gasteiger partial charge is 0.327 e. The molecule has 0 aliphatic rings. The lowest BCUT2D eigenvalue weighted by Gasteiger charge is -2.25. The van der Waals surface area contributed by atoms with Crippen molar-refractivity contribution in [3.63, 3.8) is 0 Å². The predicted octanol–water partition coefficient (Wildman–Crippen LogP) is -1.23. The molecule has 8 N–H and O–H groups in total. The van der Waals surface area contributed by atoms with Gasteiger partial charge in [-0.1, -0.05) is 32.4 Å². The van der Waals surface area contributed by atoms with Gasteiger partial charge in [0.1, 0.15) is 23.9 Å². The molecule has 0 bridgehead atoms. The zero-order valence-electron chi connectivity index (χ0n) is 18.5. The Morgan fingerprint density at radius 3 is 1.97 bits per heavy atom. The van der Waals surface area contributed by atoms with Crippen LogP contribution in [-0.4, -0.2) is 75.5 Å². The molecule has 0 fully saturated rings. The summed E-state index contributed by atoms with van der Waals surface area (Å²) >= 11 is 3.90. The molecule has 11 nitrogen and oxygen atoms in total. The van der Waals surface area contributed by atoms with E-state index in [9.17, 15) is 34.5 Å². The number of aliphatic carboxylic acids is 1. The van der Waals surface area contributed by atoms with Crippen molar-refractivity contribution < 1.29 is 34.5 Å². The number of hydrogen-bond acceptors (Lipinski definition) is 8. The molecular weight excluding hydrogens is 452 g/mol. The fraction of sp³-hybridized carbons (Fsp3) is 0.524. The summed E-state index contributed by atoms with van der Waals surface area (Å²) in [6.07, 6.45) is 0.588. The summed E-state index contributed by atoms with van der Waals surface area (Å²) < 4.78 is 0. The Morgan fingerprint density at radius 2 is 1.48 bits per heavy atom. The van der Waals surface area contributed by atoms with E-state index in [1.54, 1.807) is 6.92 Å². The number of phenolic OH excluding ortho intramolecular Hbond substituents is 1. The van der Waals surface area contributed by atoms with Gasteiger partial charge in [-0.05, 0) is 23.6 Å². The highest BCUT2D eigenvalue weighted by atomic mass is 32.1. The lowest BCUT2D eigenvalue weighted by atomic mass is 9.99. The summed E-state index contributed by atoms with van der Waals surface area (Å²) in [5.41, 5.74) is 6.43. The number of hydrogen-bond donors (Lipinski definition) is 8. The van der Waals surface area contributed by atoms with E-state index in [0.717, 1.165) is 0 Å². The Kier molecular flexibility index (Phi) is 11.7. The van der Waals surface area contributed by atoms with Crippen LogP contribution in [-0.2, 0) is 25.6 Å². The molecule has 0 spiro atoms. The Hall–Kier alpha value is -2.83. The molecule has 0 radical (unpaired) electrons. The van der Waals surface area contributed by atoms with Gasteiger partial charge in [-0.3, -0.25) is 14.4 Å². The number of phenols is 1. The van der Waals surface area contributed by atoms with Crippen LogP contribution in [0.15, 0.2) is 24.3 Å². The van der Waals surface area contributed by atoms with Crippen LogP contribution in [0.4, 0.5) is 0 Å². The number of aliphatic hydroxyl groups is 1. The third-order valence-corrected chi connectivity index (χ3v) is 5.55. The lowest BCUT2D eigenvalue weighted by molar-refractivity contribution is -0.141. The number of carboxylic acid groups (broad SMARTS) is 1. The molecule has 1 aromatic carbocycles. The molecule has 3 amide bonds. The van der Waals surface area contributed by atoms with Gasteiger partial charge < -0.3 is 37.0 Å². The Labute approximate surface area is 197 Å². The molecule has 1 rings (SSSR count). The SMILES string of the molecule is CCC(C)C(N)C(=O)NC(CO)C(=O)NC(Cc1ccc(O)cc1)C(=O)NC(CS)C(=O)O. The van der Waals surface area contributed by atoms with E-state index in [4.69, 9.17) is 5.73 Å². The zero-order valence-corrected chi connectivity index (χ0v) is 19.4. The first kappa shape index (κ1) is 28.2. The molecule has 5 unspecified atom stereocenters. The largest absolute Gasteiger partial charge is 0.508 e. The van der Waals surface area contributed by atoms with Crippen LogP contribution in [0.3, 0.4) is 0 Å². The highest BCUT2D eigenvalue weighted by molar-refractivity contribution is 7.80. The van der Waals surface area contributed by atoms with Gasteiger partial charge in [0.2, 0.25) is 17.7 Å². The Balaban J connectivity index is 3.02. The third-order valence-electron chi connectivity index (χ3n) is 5.18. The first-order chi connectivity index (χ1) is 15.5. The Bertz CT molecular complexity index is 821. The second kappa shape index (κ2) is 13.7. The van der Waals surface area contributed by atoms with Crippen molar-refractivity contribution in [3.8, 4) is 5.75 Å². The van der Waals surface area contributed by atoms with Crippen LogP contribution < -0.4 is 21.7 Å². The maximum atomic E-state index is 12.8. The summed E-state index contributed by atoms with van der Waals surface area (Å²) in [4.78, 5) is 49.1. The molecule has 0 saturated heterocycles. The molecule has 0 saturated carbocycles. The number of benzene rings is 1. The molecule has 184 valence electrons. The van der Waals surface area contributed by atoms with E-state index < -0.39 is 54.5 Å². The number of nitrogens with two attached hydrogens (primary N) is 1. The van der Waals surface area contributed by atoms with Gasteiger partial charge >= 0.3 is 5.97 Å². The van der Waals surface area contributed by atoms with Crippen molar-refractivity contribution in [2.24, 2.45) is 11.7 Å². The maximum absolute atomic E-state index is 12.8. The minimum absolute atomic E-state index is 0.00510. The van der Waals surface area contributed by atoms with Gasteiger partial charge in [0.15, 0.2) is 0 Å². The number of rotatable bonds is 13. The maximum Gasteiger partial charge on any atom is 0.327 e. The first-order valence-electron chi connectivity index (χ1n) is 10.4. The number of amides is 3. The Morgan fingerprint density at radius 1 is 0.970 bits per heavy atom. The van der Waals surface area contributed by atoms with Crippen LogP contribution in [0.1, 0.15) is 25.8 Å². The van der Waals surface area contributed by atoms with E-state index >= 15 is 0 Å². The molecule has 0 aromatic heterocycles. The van der Waals surface area contributed by atoms with Crippen LogP contribution in [0.2, 0.25) is 0 Å². The minimum Gasteiger partial charge on any atom is -0.508 e. The van der Waals surface area contributed by atoms with Gasteiger partial charge in [-0.2, -0.15) is 12.6 Å². The van der Waals surface area contributed by atoms with Gasteiger partial charge in [-0.15, -0.1) is 0 Å². The molecule has 0 aliphatic carbocycles. The number of aromatic hydroxyl groups is 1. The monoisotopic (exact) mass is 484 g/mol. The van der Waals surface area contributed by atoms with Gasteiger partial charge in [-0.25, -0.2) is 4.79 Å². The fourth-order valence-corrected chi connectivity index (χ4v) is 3.03. The average molecular weight is 485 g/mol. The molecule has 0 aliphatic heterocycles. The van der Waals surface area contributed by atoms with E-state index in [1.165, 1.54) is 24.3 Å². The standard InChI is InChI=1S/C21H32N4O7S/c1-3-11(2)17(22)20(30)24-15(9-26)19(29)23-14(8-12-4-6-13(27)7-5-12)18(28)25-16(10-33)21(31)32/h4-7,11,14-17,26-27,33H,3,8-10,22H2,1-2H3,(H,23,29)(H,24,30)(H,25,28)(H,31,32). The van der Waals surface area contributed by atoms with Crippen molar-refractivity contribution in [2.75, 3.05) is 12.4 Å². The number of carbonyl (C=O) groups excluding carboxylic acids is 3. The summed E-state index contributed by atoms with van der Waals surface area (Å²) in [6, 6.07) is 1.07. The van der Waals surface area contributed by atoms with Crippen LogP contribution in [0.5, 0.6) is 5.75 Å². The highest BCUT2D eigenvalue weighted by Crippen LogP contribution is 2.12. The van der Waals surface area contributed by atoms with E-state index in [2.05, 4.69) is 28.6 Å². The number of carbonyl (C=O) groups is 4. The van der Waals surface area contributed by atoms with Crippen molar-refractivity contribution in [1.82, 2.24) is 16.0 Å². The van der Waals surface area contributed by atoms with E-state index in [0.29, 0.717) is 12.0 Å². The van der Waals surface area contributed by atoms with Crippen LogP contribution in [0.25, 0.3) is 0 Å². The van der Waals surface area contributed by atoms with E-state index in [-0.39, 0.29) is 23.8 Å². The molecule has 5 atom stereocenters. The van der Waals surface area contributed by atoms with Crippen molar-refractivity contribution in [2.45, 2.75) is 50.9 Å². The normalized spacial score (nSPS) is 15.4. The summed E-state index contributed by atoms with van der Waals surface area (Å²) in [5, 5.41) is 35.3. The quantitative estimate of drug-likeness (QED) is 0.160. The summed E-state index contributed by atoms with van der Waals surface area (Å²) in [7, 11) is 0. The fourth-order valence-electron chi connectivity index (χ4n) is 2.78. The molecule has 12 heteroatoms.